The van der Waals surface area contributed by atoms with Gasteiger partial charge in [0.25, 0.3) is 5.91 Å². The Labute approximate surface area is 202 Å². The first-order valence-electron chi connectivity index (χ1n) is 9.22. The van der Waals surface area contributed by atoms with Crippen LogP contribution in [0.5, 0.6) is 5.75 Å². The first-order valence-corrected chi connectivity index (χ1v) is 11.2. The molecule has 7 heteroatoms. The molecule has 4 nitrogen and oxygen atoms in total. The number of hydrogen-bond acceptors (Lipinski definition) is 3. The molecule has 0 bridgehead atoms. The molecule has 156 valence electrons. The Hall–Kier alpha value is -2.59. The number of ether oxygens (including phenoxy) is 1. The van der Waals surface area contributed by atoms with Crippen LogP contribution in [0, 0.1) is 18.3 Å². The van der Waals surface area contributed by atoms with Crippen molar-refractivity contribution in [3.8, 4) is 11.8 Å². The van der Waals surface area contributed by atoms with Crippen molar-refractivity contribution >= 4 is 61.1 Å². The molecule has 0 aliphatic heterocycles. The van der Waals surface area contributed by atoms with Gasteiger partial charge in [0, 0.05) is 15.2 Å². The molecule has 0 fully saturated rings. The van der Waals surface area contributed by atoms with E-state index >= 15 is 0 Å². The highest BCUT2D eigenvalue weighted by Gasteiger charge is 2.12. The summed E-state index contributed by atoms with van der Waals surface area (Å²) in [6.07, 6.45) is 1.53. The Balaban J connectivity index is 1.72. The predicted molar refractivity (Wildman–Crippen MR) is 131 cm³/mol. The molecular formula is C24H17Br2ClN2O2. The van der Waals surface area contributed by atoms with Crippen molar-refractivity contribution in [1.29, 1.82) is 5.26 Å². The Morgan fingerprint density at radius 1 is 1.16 bits per heavy atom. The molecule has 1 amide bonds. The molecule has 3 rings (SSSR count). The number of benzene rings is 3. The van der Waals surface area contributed by atoms with Crippen molar-refractivity contribution in [2.24, 2.45) is 0 Å². The van der Waals surface area contributed by atoms with Gasteiger partial charge in [0.1, 0.15) is 24.0 Å². The van der Waals surface area contributed by atoms with Crippen molar-refractivity contribution in [3.63, 3.8) is 0 Å². The zero-order valence-corrected chi connectivity index (χ0v) is 20.4. The van der Waals surface area contributed by atoms with Gasteiger partial charge in [-0.15, -0.1) is 0 Å². The van der Waals surface area contributed by atoms with E-state index in [-0.39, 0.29) is 5.57 Å². The summed E-state index contributed by atoms with van der Waals surface area (Å²) in [5.74, 6) is 0.164. The van der Waals surface area contributed by atoms with E-state index in [1.54, 1.807) is 43.3 Å². The van der Waals surface area contributed by atoms with Gasteiger partial charge in [-0.1, -0.05) is 51.8 Å². The standard InChI is InChI=1S/C24H17Br2ClN2O2/c1-15-21(27)3-2-4-22(15)29-24(30)18(13-28)11-17-7-10-23(20(26)12-17)31-14-16-5-8-19(25)9-6-16/h2-12H,14H2,1H3,(H,29,30)/b18-11+. The summed E-state index contributed by atoms with van der Waals surface area (Å²) in [7, 11) is 0. The number of nitrogens with zero attached hydrogens (tertiary/aromatic N) is 1. The number of hydrogen-bond donors (Lipinski definition) is 1. The maximum atomic E-state index is 12.6. The molecular weight excluding hydrogens is 544 g/mol. The minimum absolute atomic E-state index is 0.0187. The SMILES string of the molecule is Cc1c(Cl)cccc1NC(=O)/C(C#N)=C/c1ccc(OCc2ccc(Br)cc2)c(Br)c1. The average molecular weight is 561 g/mol. The summed E-state index contributed by atoms with van der Waals surface area (Å²) >= 11 is 13.0. The van der Waals surface area contributed by atoms with E-state index in [2.05, 4.69) is 37.2 Å². The lowest BCUT2D eigenvalue weighted by Crippen LogP contribution is -2.14. The number of nitrogens with one attached hydrogen (secondary N) is 1. The summed E-state index contributed by atoms with van der Waals surface area (Å²) < 4.78 is 7.59. The molecule has 0 aliphatic carbocycles. The molecule has 0 saturated heterocycles. The fraction of sp³-hybridized carbons (Fsp3) is 0.0833. The van der Waals surface area contributed by atoms with Crippen LogP contribution >= 0.6 is 43.5 Å². The van der Waals surface area contributed by atoms with Crippen LogP contribution in [0.15, 0.2) is 75.2 Å². The van der Waals surface area contributed by atoms with Crippen LogP contribution in [0.4, 0.5) is 5.69 Å². The van der Waals surface area contributed by atoms with E-state index in [0.717, 1.165) is 20.1 Å². The first-order chi connectivity index (χ1) is 14.9. The third-order valence-electron chi connectivity index (χ3n) is 4.46. The van der Waals surface area contributed by atoms with Gasteiger partial charge in [0.15, 0.2) is 0 Å². The maximum absolute atomic E-state index is 12.6. The van der Waals surface area contributed by atoms with Gasteiger partial charge in [0.05, 0.1) is 4.47 Å². The number of carbonyl (C=O) groups excluding carboxylic acids is 1. The molecule has 0 saturated carbocycles. The highest BCUT2D eigenvalue weighted by molar-refractivity contribution is 9.10. The van der Waals surface area contributed by atoms with Crippen LogP contribution in [0.25, 0.3) is 6.08 Å². The molecule has 0 spiro atoms. The lowest BCUT2D eigenvalue weighted by Gasteiger charge is -2.10. The summed E-state index contributed by atoms with van der Waals surface area (Å²) in [6.45, 7) is 2.23. The fourth-order valence-electron chi connectivity index (χ4n) is 2.71. The topological polar surface area (TPSA) is 62.1 Å². The Morgan fingerprint density at radius 2 is 1.90 bits per heavy atom. The maximum Gasteiger partial charge on any atom is 0.266 e. The van der Waals surface area contributed by atoms with E-state index < -0.39 is 5.91 Å². The largest absolute Gasteiger partial charge is 0.488 e. The molecule has 0 radical (unpaired) electrons. The van der Waals surface area contributed by atoms with E-state index in [9.17, 15) is 10.1 Å². The van der Waals surface area contributed by atoms with Gasteiger partial charge in [-0.05, 0) is 82.0 Å². The van der Waals surface area contributed by atoms with Crippen molar-refractivity contribution < 1.29 is 9.53 Å². The van der Waals surface area contributed by atoms with Crippen LogP contribution in [-0.2, 0) is 11.4 Å². The lowest BCUT2D eigenvalue weighted by atomic mass is 10.1. The van der Waals surface area contributed by atoms with Crippen molar-refractivity contribution in [3.05, 3.63) is 96.9 Å². The third kappa shape index (κ3) is 6.20. The number of nitriles is 1. The molecule has 0 heterocycles. The van der Waals surface area contributed by atoms with Crippen LogP contribution in [0.2, 0.25) is 5.02 Å². The Kier molecular flexibility index (Phi) is 7.91. The molecule has 0 aromatic heterocycles. The summed E-state index contributed by atoms with van der Waals surface area (Å²) in [5, 5.41) is 12.7. The van der Waals surface area contributed by atoms with Gasteiger partial charge in [-0.2, -0.15) is 5.26 Å². The third-order valence-corrected chi connectivity index (χ3v) is 6.01. The highest BCUT2D eigenvalue weighted by atomic mass is 79.9. The average Bonchev–Trinajstić information content (AvgIpc) is 2.75. The van der Waals surface area contributed by atoms with E-state index in [0.29, 0.717) is 28.6 Å². The van der Waals surface area contributed by atoms with Crippen LogP contribution in [-0.4, -0.2) is 5.91 Å². The van der Waals surface area contributed by atoms with Crippen LogP contribution in [0.3, 0.4) is 0 Å². The summed E-state index contributed by atoms with van der Waals surface area (Å²) in [6, 6.07) is 20.4. The molecule has 0 unspecified atom stereocenters. The number of amides is 1. The molecule has 3 aromatic carbocycles. The number of halogens is 3. The molecule has 0 aliphatic rings. The molecule has 0 atom stereocenters. The van der Waals surface area contributed by atoms with Crippen LogP contribution < -0.4 is 10.1 Å². The van der Waals surface area contributed by atoms with Gasteiger partial charge in [-0.25, -0.2) is 0 Å². The minimum Gasteiger partial charge on any atom is -0.488 e. The zero-order chi connectivity index (χ0) is 22.4. The van der Waals surface area contributed by atoms with E-state index in [1.807, 2.05) is 30.3 Å². The quantitative estimate of drug-likeness (QED) is 0.254. The lowest BCUT2D eigenvalue weighted by molar-refractivity contribution is -0.112. The van der Waals surface area contributed by atoms with Gasteiger partial charge >= 0.3 is 0 Å². The number of anilines is 1. The van der Waals surface area contributed by atoms with Crippen molar-refractivity contribution in [1.82, 2.24) is 0 Å². The first kappa shape index (κ1) is 23.1. The second kappa shape index (κ2) is 10.6. The Morgan fingerprint density at radius 3 is 2.58 bits per heavy atom. The summed E-state index contributed by atoms with van der Waals surface area (Å²) in [4.78, 5) is 12.6. The molecule has 31 heavy (non-hydrogen) atoms. The minimum atomic E-state index is -0.500. The molecule has 1 N–H and O–H groups in total. The second-order valence-corrected chi connectivity index (χ2v) is 8.82. The normalized spacial score (nSPS) is 11.0. The summed E-state index contributed by atoms with van der Waals surface area (Å²) in [5.41, 5.74) is 3.02. The second-order valence-electron chi connectivity index (χ2n) is 6.64. The van der Waals surface area contributed by atoms with Gasteiger partial charge in [0.2, 0.25) is 0 Å². The number of rotatable bonds is 6. The predicted octanol–water partition coefficient (Wildman–Crippen LogP) is 7.30. The van der Waals surface area contributed by atoms with E-state index in [1.165, 1.54) is 6.08 Å². The monoisotopic (exact) mass is 558 g/mol. The Bertz CT molecular complexity index is 1190. The number of carbonyl (C=O) groups is 1. The highest BCUT2D eigenvalue weighted by Crippen LogP contribution is 2.28. The zero-order valence-electron chi connectivity index (χ0n) is 16.5. The molecule has 3 aromatic rings. The van der Waals surface area contributed by atoms with Gasteiger partial charge < -0.3 is 10.1 Å². The van der Waals surface area contributed by atoms with Crippen molar-refractivity contribution in [2.45, 2.75) is 13.5 Å². The van der Waals surface area contributed by atoms with Gasteiger partial charge in [-0.3, -0.25) is 4.79 Å². The smallest absolute Gasteiger partial charge is 0.266 e. The fourth-order valence-corrected chi connectivity index (χ4v) is 3.66. The van der Waals surface area contributed by atoms with Crippen molar-refractivity contribution in [2.75, 3.05) is 5.32 Å². The van der Waals surface area contributed by atoms with Crippen LogP contribution in [0.1, 0.15) is 16.7 Å². The van der Waals surface area contributed by atoms with E-state index in [4.69, 9.17) is 16.3 Å².